The van der Waals surface area contributed by atoms with Crippen LogP contribution in [-0.2, 0) is 0 Å². The maximum absolute atomic E-state index is 8.58. The van der Waals surface area contributed by atoms with Crippen molar-refractivity contribution in [1.82, 2.24) is 0 Å². The van der Waals surface area contributed by atoms with Gasteiger partial charge < -0.3 is 0 Å². The van der Waals surface area contributed by atoms with Crippen molar-refractivity contribution in [2.45, 2.75) is 0 Å². The van der Waals surface area contributed by atoms with E-state index in [2.05, 4.69) is 11.7 Å². The van der Waals surface area contributed by atoms with Crippen molar-refractivity contribution in [3.8, 4) is 0 Å². The van der Waals surface area contributed by atoms with Gasteiger partial charge >= 0.3 is 0 Å². The fourth-order valence-electron chi connectivity index (χ4n) is 0. The maximum atomic E-state index is 8.58. The zero-order chi connectivity index (χ0) is 7.15. The van der Waals surface area contributed by atoms with Crippen LogP contribution in [0.1, 0.15) is 0 Å². The van der Waals surface area contributed by atoms with Crippen LogP contribution < -0.4 is 11.7 Å². The number of hydrazine groups is 2. The minimum atomic E-state index is -1.00. The monoisotopic (exact) mass is 163 g/mol. The molecule has 1 radical (unpaired) electrons. The molecule has 0 aromatic heterocycles. The number of nitro groups is 2. The second-order valence-corrected chi connectivity index (χ2v) is 0.571. The number of hydrogen-bond acceptors (Lipinski definition) is 4. The summed E-state index contributed by atoms with van der Waals surface area (Å²) in [6, 6.07) is 0. The fourth-order valence-corrected chi connectivity index (χ4v) is 0. The van der Waals surface area contributed by atoms with Crippen molar-refractivity contribution >= 4 is 51.4 Å². The van der Waals surface area contributed by atoms with Gasteiger partial charge in [-0.3, -0.25) is 0 Å². The van der Waals surface area contributed by atoms with Crippen LogP contribution in [0.2, 0.25) is 0 Å². The van der Waals surface area contributed by atoms with Crippen LogP contribution in [-0.4, -0.2) is 61.4 Å². The van der Waals surface area contributed by atoms with Crippen LogP contribution in [0.15, 0.2) is 0 Å². The van der Waals surface area contributed by atoms with Crippen LogP contribution in [0.5, 0.6) is 0 Å². The molecule has 0 aliphatic carbocycles. The van der Waals surface area contributed by atoms with E-state index in [4.69, 9.17) is 20.2 Å². The second kappa shape index (κ2) is 10.9. The molecule has 0 rings (SSSR count). The van der Waals surface area contributed by atoms with Crippen molar-refractivity contribution in [2.24, 2.45) is 11.7 Å². The van der Waals surface area contributed by atoms with E-state index in [9.17, 15) is 0 Å². The quantitative estimate of drug-likeness (QED) is 0.181. The predicted octanol–water partition coefficient (Wildman–Crippen LogP) is -2.11. The van der Waals surface area contributed by atoms with E-state index in [1.807, 2.05) is 0 Å². The van der Waals surface area contributed by atoms with E-state index in [0.717, 1.165) is 0 Å². The summed E-state index contributed by atoms with van der Waals surface area (Å²) >= 11 is 0. The molecule has 0 fully saturated rings. The fraction of sp³-hybridized carbons (Fsp3) is 0. The van der Waals surface area contributed by atoms with Gasteiger partial charge in [0.25, 0.3) is 0 Å². The smallest absolute Gasteiger partial charge is 0.154 e. The average Bonchev–Trinajstić information content (AvgIpc) is 1.25. The van der Waals surface area contributed by atoms with Crippen LogP contribution in [0.3, 0.4) is 0 Å². The molecule has 0 unspecified atom stereocenters. The van der Waals surface area contributed by atoms with Crippen molar-refractivity contribution in [3.63, 3.8) is 0 Å². The van der Waals surface area contributed by atoms with E-state index in [0.29, 0.717) is 0 Å². The van der Waals surface area contributed by atoms with Crippen molar-refractivity contribution in [3.05, 3.63) is 20.2 Å². The van der Waals surface area contributed by atoms with Crippen LogP contribution >= 0.6 is 0 Å². The normalized spacial score (nSPS) is 5.33. The third-order valence-corrected chi connectivity index (χ3v) is 0. The van der Waals surface area contributed by atoms with Crippen molar-refractivity contribution in [2.75, 3.05) is 0 Å². The first-order chi connectivity index (χ1) is 3.46. The molecule has 0 aromatic carbocycles. The van der Waals surface area contributed by atoms with Gasteiger partial charge in [0.1, 0.15) is 0 Å². The van der Waals surface area contributed by atoms with Gasteiger partial charge in [-0.05, 0) is 0 Å². The molecule has 0 atom stereocenters. The van der Waals surface area contributed by atoms with Gasteiger partial charge in [-0.15, -0.1) is 0 Å². The van der Waals surface area contributed by atoms with Crippen LogP contribution in [0.4, 0.5) is 0 Å². The summed E-state index contributed by atoms with van der Waals surface area (Å²) in [5.41, 5.74) is 0. The first-order valence-electron chi connectivity index (χ1n) is 1.25. The van der Waals surface area contributed by atoms with Crippen LogP contribution in [0, 0.1) is 20.2 Å². The van der Waals surface area contributed by atoms with E-state index in [-0.39, 0.29) is 51.4 Å². The molecule has 0 amide bonds. The van der Waals surface area contributed by atoms with E-state index < -0.39 is 10.1 Å². The number of rotatable bonds is 0. The molecular formula is H4KN4O4. The first kappa shape index (κ1) is 16.0. The van der Waals surface area contributed by atoms with Gasteiger partial charge in [0, 0.05) is 51.4 Å². The predicted molar refractivity (Wildman–Crippen MR) is 28.1 cm³/mol. The van der Waals surface area contributed by atoms with Gasteiger partial charge in [-0.1, -0.05) is 0 Å². The standard InChI is InChI=1S/K.2H2N2O2/c;2*1-2(3)4/h;2*1H2. The minimum Gasteiger partial charge on any atom is -0.235 e. The molecule has 0 bridgehead atoms. The molecule has 0 heterocycles. The summed E-state index contributed by atoms with van der Waals surface area (Å²) in [4.78, 5) is 17.2. The van der Waals surface area contributed by atoms with Crippen molar-refractivity contribution < 1.29 is 10.1 Å². The maximum Gasteiger partial charge on any atom is 0.154 e. The van der Waals surface area contributed by atoms with Gasteiger partial charge in [-0.2, -0.15) is 11.7 Å². The molecule has 9 heteroatoms. The Morgan fingerprint density at radius 2 is 1.00 bits per heavy atom. The Balaban J connectivity index is -0.0000000720. The second-order valence-electron chi connectivity index (χ2n) is 0.571. The summed E-state index contributed by atoms with van der Waals surface area (Å²) in [7, 11) is 0. The van der Waals surface area contributed by atoms with E-state index >= 15 is 0 Å². The number of nitrogens with two attached hydrogens (primary N) is 2. The molecule has 0 saturated carbocycles. The Morgan fingerprint density at radius 1 is 1.00 bits per heavy atom. The van der Waals surface area contributed by atoms with Gasteiger partial charge in [0.15, 0.2) is 10.1 Å². The Hall–Kier alpha value is 0.0364. The summed E-state index contributed by atoms with van der Waals surface area (Å²) in [6.45, 7) is 0. The molecule has 0 spiro atoms. The Bertz CT molecular complexity index is 70.6. The first-order valence-corrected chi connectivity index (χ1v) is 1.25. The SMILES string of the molecule is N[N+](=O)[O-].N[N+](=O)[O-].[K]. The summed E-state index contributed by atoms with van der Waals surface area (Å²) in [6.07, 6.45) is 0. The zero-order valence-electron chi connectivity index (χ0n) is 4.68. The van der Waals surface area contributed by atoms with E-state index in [1.54, 1.807) is 0 Å². The molecule has 0 saturated heterocycles. The Kier molecular flexibility index (Phi) is 19.4. The molecule has 49 valence electrons. The Morgan fingerprint density at radius 3 is 1.00 bits per heavy atom. The van der Waals surface area contributed by atoms with Gasteiger partial charge in [0.2, 0.25) is 0 Å². The summed E-state index contributed by atoms with van der Waals surface area (Å²) in [5.74, 6) is 7.67. The molecular weight excluding hydrogens is 159 g/mol. The van der Waals surface area contributed by atoms with Gasteiger partial charge in [-0.25, -0.2) is 20.2 Å². The molecule has 0 aliphatic rings. The Labute approximate surface area is 92.2 Å². The van der Waals surface area contributed by atoms with E-state index in [1.165, 1.54) is 0 Å². The largest absolute Gasteiger partial charge is 0.235 e. The number of hydrogen-bond donors (Lipinski definition) is 2. The molecule has 0 aliphatic heterocycles. The molecule has 9 heavy (non-hydrogen) atoms. The average molecular weight is 163 g/mol. The summed E-state index contributed by atoms with van der Waals surface area (Å²) < 4.78 is 0. The third kappa shape index (κ3) is 221000. The van der Waals surface area contributed by atoms with Gasteiger partial charge in [0.05, 0.1) is 0 Å². The number of nitrogens with zero attached hydrogens (tertiary/aromatic N) is 2. The summed E-state index contributed by atoms with van der Waals surface area (Å²) in [5, 5.41) is 15.2. The molecule has 8 nitrogen and oxygen atoms in total. The third-order valence-electron chi connectivity index (χ3n) is 0. The molecule has 4 N–H and O–H groups in total. The minimum absolute atomic E-state index is 0. The topological polar surface area (TPSA) is 138 Å². The van der Waals surface area contributed by atoms with Crippen molar-refractivity contribution in [1.29, 1.82) is 0 Å². The molecule has 0 aromatic rings. The van der Waals surface area contributed by atoms with Crippen LogP contribution in [0.25, 0.3) is 0 Å². The zero-order valence-corrected chi connectivity index (χ0v) is 7.81.